The Hall–Kier alpha value is -1.81. The number of rotatable bonds is 5. The van der Waals surface area contributed by atoms with E-state index in [1.165, 1.54) is 16.7 Å². The Morgan fingerprint density at radius 3 is 2.58 bits per heavy atom. The third-order valence-corrected chi connectivity index (χ3v) is 7.88. The van der Waals surface area contributed by atoms with Crippen molar-refractivity contribution in [1.29, 1.82) is 0 Å². The molecule has 4 atom stereocenters. The molecule has 0 unspecified atom stereocenters. The fraction of sp³-hybridized carbons (Fsp3) is 0.429. The molecule has 1 N–H and O–H groups in total. The van der Waals surface area contributed by atoms with Crippen LogP contribution < -0.4 is 40.0 Å². The summed E-state index contributed by atoms with van der Waals surface area (Å²) in [7, 11) is 0. The van der Waals surface area contributed by atoms with Gasteiger partial charge in [0, 0.05) is 13.0 Å². The van der Waals surface area contributed by atoms with E-state index in [1.54, 1.807) is 0 Å². The third-order valence-electron chi connectivity index (χ3n) is 6.22. The van der Waals surface area contributed by atoms with Gasteiger partial charge >= 0.3 is 29.6 Å². The van der Waals surface area contributed by atoms with Crippen molar-refractivity contribution >= 4 is 35.5 Å². The maximum Gasteiger partial charge on any atom is 1.00 e. The molecule has 1 aromatic carbocycles. The molecule has 0 aromatic heterocycles. The molecule has 0 bridgehead atoms. The molecule has 3 heterocycles. The number of aliphatic carboxylic acids is 1. The zero-order valence-corrected chi connectivity index (χ0v) is 19.9. The number of fused-ring (bicyclic) bond motifs is 2. The normalized spacial score (nSPS) is 28.8. The maximum absolute atomic E-state index is 12.7. The number of nitrogens with zero attached hydrogens (tertiary/aromatic N) is 2. The van der Waals surface area contributed by atoms with Gasteiger partial charge in [0.05, 0.1) is 29.4 Å². The average Bonchev–Trinajstić information content (AvgIpc) is 3.12. The number of carbonyl (C=O) groups excluding carboxylic acids is 4. The summed E-state index contributed by atoms with van der Waals surface area (Å²) in [6.45, 7) is 0.680. The van der Waals surface area contributed by atoms with Crippen LogP contribution in [0.1, 0.15) is 24.8 Å². The molecule has 3 aliphatic heterocycles. The molecule has 3 amide bonds. The van der Waals surface area contributed by atoms with Crippen molar-refractivity contribution in [1.82, 2.24) is 15.1 Å². The van der Waals surface area contributed by atoms with Crippen LogP contribution in [-0.4, -0.2) is 62.7 Å². The minimum absolute atomic E-state index is 0. The Morgan fingerprint density at radius 2 is 1.94 bits per heavy atom. The minimum atomic E-state index is -1.38. The van der Waals surface area contributed by atoms with Gasteiger partial charge in [-0.2, -0.15) is 0 Å². The zero-order valence-electron chi connectivity index (χ0n) is 17.1. The summed E-state index contributed by atoms with van der Waals surface area (Å²) in [4.78, 5) is 52.1. The number of β-lactam (4-membered cyclic amide) rings is 1. The number of amides is 3. The molecule has 1 saturated carbocycles. The SMILES string of the molecule is O=C(Cc1ccccc1)N[C@@H]1C(=O)N2C(C(=O)[O-])=C3C[C@H](N4CCCC4=O)[C@@H]3S[C@H]12.[Na+]. The van der Waals surface area contributed by atoms with Crippen LogP contribution in [0.5, 0.6) is 0 Å². The smallest absolute Gasteiger partial charge is 0.543 e. The fourth-order valence-electron chi connectivity index (χ4n) is 4.73. The minimum Gasteiger partial charge on any atom is -0.543 e. The molecule has 8 nitrogen and oxygen atoms in total. The average molecular weight is 449 g/mol. The Morgan fingerprint density at radius 1 is 1.19 bits per heavy atom. The van der Waals surface area contributed by atoms with Crippen molar-refractivity contribution in [2.24, 2.45) is 0 Å². The molecule has 0 spiro atoms. The molecule has 1 aliphatic carbocycles. The third kappa shape index (κ3) is 3.71. The second kappa shape index (κ2) is 8.61. The van der Waals surface area contributed by atoms with Gasteiger partial charge in [-0.25, -0.2) is 0 Å². The molecule has 2 saturated heterocycles. The van der Waals surface area contributed by atoms with E-state index in [-0.39, 0.29) is 64.8 Å². The molecule has 4 aliphatic rings. The van der Waals surface area contributed by atoms with Crippen molar-refractivity contribution in [3.8, 4) is 0 Å². The molecule has 1 aromatic rings. The Kier molecular flexibility index (Phi) is 6.22. The van der Waals surface area contributed by atoms with Gasteiger partial charge in [0.1, 0.15) is 11.4 Å². The van der Waals surface area contributed by atoms with Gasteiger partial charge in [0.25, 0.3) is 5.91 Å². The zero-order chi connectivity index (χ0) is 21.0. The quantitative estimate of drug-likeness (QED) is 0.368. The Balaban J connectivity index is 0.00000231. The molecule has 10 heteroatoms. The Labute approximate surface area is 205 Å². The molecular weight excluding hydrogens is 429 g/mol. The number of likely N-dealkylation sites (tertiary alicyclic amines) is 1. The number of hydrogen-bond acceptors (Lipinski definition) is 6. The van der Waals surface area contributed by atoms with Crippen molar-refractivity contribution in [3.05, 3.63) is 47.2 Å². The van der Waals surface area contributed by atoms with Crippen molar-refractivity contribution in [2.45, 2.75) is 48.4 Å². The number of carboxylic acid groups (broad SMARTS) is 1. The summed E-state index contributed by atoms with van der Waals surface area (Å²) in [5, 5.41) is 13.9. The van der Waals surface area contributed by atoms with E-state index in [2.05, 4.69) is 5.32 Å². The van der Waals surface area contributed by atoms with Crippen LogP contribution in [0.25, 0.3) is 0 Å². The van der Waals surface area contributed by atoms with E-state index < -0.39 is 23.3 Å². The second-order valence-electron chi connectivity index (χ2n) is 7.99. The predicted molar refractivity (Wildman–Crippen MR) is 105 cm³/mol. The van der Waals surface area contributed by atoms with Crippen LogP contribution >= 0.6 is 11.8 Å². The fourth-order valence-corrected chi connectivity index (χ4v) is 6.50. The van der Waals surface area contributed by atoms with Crippen molar-refractivity contribution in [2.75, 3.05) is 6.54 Å². The molecule has 31 heavy (non-hydrogen) atoms. The van der Waals surface area contributed by atoms with E-state index in [9.17, 15) is 24.3 Å². The molecule has 5 rings (SSSR count). The van der Waals surface area contributed by atoms with Crippen molar-refractivity contribution in [3.63, 3.8) is 0 Å². The molecule has 156 valence electrons. The van der Waals surface area contributed by atoms with Gasteiger partial charge in [0.2, 0.25) is 11.8 Å². The summed E-state index contributed by atoms with van der Waals surface area (Å²) >= 11 is 1.46. The van der Waals surface area contributed by atoms with Crippen LogP contribution in [-0.2, 0) is 25.6 Å². The topological polar surface area (TPSA) is 110 Å². The van der Waals surface area contributed by atoms with Crippen LogP contribution in [0.3, 0.4) is 0 Å². The van der Waals surface area contributed by atoms with E-state index in [0.29, 0.717) is 25.0 Å². The molecule has 3 fully saturated rings. The predicted octanol–water partition coefficient (Wildman–Crippen LogP) is -3.60. The van der Waals surface area contributed by atoms with Gasteiger partial charge in [-0.3, -0.25) is 19.3 Å². The summed E-state index contributed by atoms with van der Waals surface area (Å²) < 4.78 is 0. The van der Waals surface area contributed by atoms with Crippen LogP contribution in [0, 0.1) is 0 Å². The van der Waals surface area contributed by atoms with Gasteiger partial charge < -0.3 is 20.1 Å². The first kappa shape index (κ1) is 22.4. The van der Waals surface area contributed by atoms with Gasteiger partial charge in [-0.15, -0.1) is 11.8 Å². The van der Waals surface area contributed by atoms with Gasteiger partial charge in [-0.05, 0) is 24.0 Å². The maximum atomic E-state index is 12.7. The van der Waals surface area contributed by atoms with E-state index in [0.717, 1.165) is 12.0 Å². The summed E-state index contributed by atoms with van der Waals surface area (Å²) in [5.41, 5.74) is 1.41. The first-order chi connectivity index (χ1) is 14.5. The van der Waals surface area contributed by atoms with Gasteiger partial charge in [0.15, 0.2) is 0 Å². The van der Waals surface area contributed by atoms with E-state index in [4.69, 9.17) is 0 Å². The van der Waals surface area contributed by atoms with Crippen LogP contribution in [0.4, 0.5) is 0 Å². The summed E-state index contributed by atoms with van der Waals surface area (Å²) in [6, 6.07) is 8.36. The van der Waals surface area contributed by atoms with Crippen molar-refractivity contribution < 1.29 is 53.8 Å². The monoisotopic (exact) mass is 449 g/mol. The number of benzene rings is 1. The summed E-state index contributed by atoms with van der Waals surface area (Å²) in [6.07, 6.45) is 1.93. The first-order valence-corrected chi connectivity index (χ1v) is 11.0. The standard InChI is InChI=1S/C21H21N3O5S.Na/c25-14(9-11-5-2-1-3-6-11)22-16-19(27)24-17(21(28)29)12-10-13(18(12)30-20(16)24)23-8-4-7-15(23)26;/h1-3,5-6,13,16,18,20H,4,7-10H2,(H,22,25)(H,28,29);/q;+1/p-1/t13-,16+,18+,20+;/m0./s1. The molecular formula is C21H20N3NaO5S. The van der Waals surface area contributed by atoms with Crippen LogP contribution in [0.2, 0.25) is 0 Å². The number of carbonyl (C=O) groups is 4. The number of nitrogens with one attached hydrogen (secondary N) is 1. The van der Waals surface area contributed by atoms with E-state index >= 15 is 0 Å². The second-order valence-corrected chi connectivity index (χ2v) is 9.25. The number of thioether (sulfide) groups is 1. The molecule has 0 radical (unpaired) electrons. The van der Waals surface area contributed by atoms with Crippen LogP contribution in [0.15, 0.2) is 41.6 Å². The van der Waals surface area contributed by atoms with E-state index in [1.807, 2.05) is 35.2 Å². The summed E-state index contributed by atoms with van der Waals surface area (Å²) in [5.74, 6) is -2.01. The number of carboxylic acids is 1. The largest absolute Gasteiger partial charge is 1.00 e. The number of hydrogen-bond donors (Lipinski definition) is 1. The Bertz CT molecular complexity index is 984. The first-order valence-electron chi connectivity index (χ1n) is 10.0. The van der Waals surface area contributed by atoms with Gasteiger partial charge in [-0.1, -0.05) is 30.3 Å².